The number of likely N-dealkylation sites (tertiary alicyclic amines) is 1. The van der Waals surface area contributed by atoms with Gasteiger partial charge in [-0.25, -0.2) is 0 Å². The van der Waals surface area contributed by atoms with Crippen LogP contribution in [0.3, 0.4) is 0 Å². The van der Waals surface area contributed by atoms with Crippen molar-refractivity contribution >= 4 is 5.91 Å². The van der Waals surface area contributed by atoms with Crippen molar-refractivity contribution in [2.75, 3.05) is 26.2 Å². The summed E-state index contributed by atoms with van der Waals surface area (Å²) in [6, 6.07) is 18.3. The number of carbonyl (C=O) groups is 1. The molecule has 1 amide bonds. The van der Waals surface area contributed by atoms with E-state index >= 15 is 0 Å². The molecule has 0 aromatic heterocycles. The molecule has 5 heteroatoms. The number of benzene rings is 2. The number of nitrogens with zero attached hydrogens (tertiary/aromatic N) is 1. The van der Waals surface area contributed by atoms with Crippen molar-refractivity contribution in [1.29, 1.82) is 0 Å². The van der Waals surface area contributed by atoms with Gasteiger partial charge in [0.15, 0.2) is 0 Å². The average molecular weight is 394 g/mol. The van der Waals surface area contributed by atoms with Crippen LogP contribution in [0.15, 0.2) is 54.6 Å². The third-order valence-electron chi connectivity index (χ3n) is 5.83. The number of carbonyl (C=O) groups excluding carboxylic acids is 1. The number of amides is 1. The lowest BCUT2D eigenvalue weighted by molar-refractivity contribution is -0.123. The first-order valence-corrected chi connectivity index (χ1v) is 10.8. The van der Waals surface area contributed by atoms with Crippen molar-refractivity contribution in [3.05, 3.63) is 60.2 Å². The summed E-state index contributed by atoms with van der Waals surface area (Å²) in [7, 11) is 0. The van der Waals surface area contributed by atoms with Gasteiger partial charge in [-0.1, -0.05) is 30.3 Å². The highest BCUT2D eigenvalue weighted by Gasteiger charge is 2.24. The molecule has 2 saturated heterocycles. The summed E-state index contributed by atoms with van der Waals surface area (Å²) in [5.41, 5.74) is 1.26. The molecule has 2 unspecified atom stereocenters. The standard InChI is InChI=1S/C24H31N3O2/c28-24(23-12-5-13-25-23)26-16-20-8-6-14-27(18-20)17-19-7-4-11-22(15-19)29-21-9-2-1-3-10-21/h1-4,7,9-11,15,20,23,25H,5-6,8,12-14,16-18H2,(H,26,28). The molecule has 2 aliphatic rings. The van der Waals surface area contributed by atoms with Crippen LogP contribution < -0.4 is 15.4 Å². The van der Waals surface area contributed by atoms with Crippen LogP contribution in [0.1, 0.15) is 31.2 Å². The van der Waals surface area contributed by atoms with Gasteiger partial charge in [0.2, 0.25) is 5.91 Å². The van der Waals surface area contributed by atoms with Gasteiger partial charge in [-0.15, -0.1) is 0 Å². The highest BCUT2D eigenvalue weighted by atomic mass is 16.5. The first-order chi connectivity index (χ1) is 14.3. The molecule has 29 heavy (non-hydrogen) atoms. The van der Waals surface area contributed by atoms with Crippen molar-refractivity contribution in [3.63, 3.8) is 0 Å². The Morgan fingerprint density at radius 2 is 1.93 bits per heavy atom. The maximum atomic E-state index is 12.2. The lowest BCUT2D eigenvalue weighted by atomic mass is 9.97. The zero-order valence-electron chi connectivity index (χ0n) is 17.0. The predicted molar refractivity (Wildman–Crippen MR) is 115 cm³/mol. The number of para-hydroxylation sites is 1. The van der Waals surface area contributed by atoms with E-state index in [1.165, 1.54) is 18.4 Å². The Kier molecular flexibility index (Phi) is 6.80. The fourth-order valence-corrected chi connectivity index (χ4v) is 4.33. The van der Waals surface area contributed by atoms with Crippen LogP contribution in [0.25, 0.3) is 0 Å². The van der Waals surface area contributed by atoms with Crippen molar-refractivity contribution < 1.29 is 9.53 Å². The number of piperidine rings is 1. The van der Waals surface area contributed by atoms with Gasteiger partial charge in [-0.05, 0) is 74.5 Å². The summed E-state index contributed by atoms with van der Waals surface area (Å²) in [6.45, 7) is 4.80. The average Bonchev–Trinajstić information content (AvgIpc) is 3.28. The lowest BCUT2D eigenvalue weighted by Gasteiger charge is -2.33. The molecular weight excluding hydrogens is 362 g/mol. The lowest BCUT2D eigenvalue weighted by Crippen LogP contribution is -2.45. The van der Waals surface area contributed by atoms with Crippen LogP contribution in [0.5, 0.6) is 11.5 Å². The zero-order valence-corrected chi connectivity index (χ0v) is 17.0. The Labute approximate surface area is 173 Å². The van der Waals surface area contributed by atoms with E-state index in [0.717, 1.165) is 57.1 Å². The molecule has 4 rings (SSSR count). The van der Waals surface area contributed by atoms with Gasteiger partial charge >= 0.3 is 0 Å². The van der Waals surface area contributed by atoms with Crippen molar-refractivity contribution in [1.82, 2.24) is 15.5 Å². The maximum absolute atomic E-state index is 12.2. The largest absolute Gasteiger partial charge is 0.457 e. The summed E-state index contributed by atoms with van der Waals surface area (Å²) < 4.78 is 5.97. The van der Waals surface area contributed by atoms with Crippen LogP contribution in [0.4, 0.5) is 0 Å². The minimum absolute atomic E-state index is 0.0158. The molecule has 0 spiro atoms. The predicted octanol–water partition coefficient (Wildman–Crippen LogP) is 3.56. The third-order valence-corrected chi connectivity index (χ3v) is 5.83. The molecule has 0 bridgehead atoms. The first kappa shape index (κ1) is 19.9. The fourth-order valence-electron chi connectivity index (χ4n) is 4.33. The number of ether oxygens (including phenoxy) is 1. The second-order valence-electron chi connectivity index (χ2n) is 8.20. The number of rotatable bonds is 7. The summed E-state index contributed by atoms with van der Waals surface area (Å²) >= 11 is 0. The molecule has 2 N–H and O–H groups in total. The van der Waals surface area contributed by atoms with Gasteiger partial charge < -0.3 is 15.4 Å². The van der Waals surface area contributed by atoms with E-state index in [4.69, 9.17) is 4.74 Å². The summed E-state index contributed by atoms with van der Waals surface area (Å²) in [5.74, 6) is 2.43. The molecule has 2 aromatic rings. The van der Waals surface area contributed by atoms with Crippen molar-refractivity contribution in [3.8, 4) is 11.5 Å². The number of hydrogen-bond acceptors (Lipinski definition) is 4. The van der Waals surface area contributed by atoms with Crippen LogP contribution in [0, 0.1) is 5.92 Å². The van der Waals surface area contributed by atoms with Crippen molar-refractivity contribution in [2.24, 2.45) is 5.92 Å². The second kappa shape index (κ2) is 9.90. The van der Waals surface area contributed by atoms with Crippen LogP contribution in [-0.4, -0.2) is 43.0 Å². The van der Waals surface area contributed by atoms with E-state index in [9.17, 15) is 4.79 Å². The SMILES string of the molecule is O=C(NCC1CCCN(Cc2cccc(Oc3ccccc3)c2)C1)C1CCCN1. The van der Waals surface area contributed by atoms with E-state index in [1.807, 2.05) is 36.4 Å². The monoisotopic (exact) mass is 393 g/mol. The smallest absolute Gasteiger partial charge is 0.237 e. The molecule has 5 nitrogen and oxygen atoms in total. The first-order valence-electron chi connectivity index (χ1n) is 10.8. The van der Waals surface area contributed by atoms with Gasteiger partial charge in [0.25, 0.3) is 0 Å². The highest BCUT2D eigenvalue weighted by molar-refractivity contribution is 5.81. The van der Waals surface area contributed by atoms with Crippen LogP contribution in [-0.2, 0) is 11.3 Å². The van der Waals surface area contributed by atoms with E-state index in [2.05, 4.69) is 33.7 Å². The summed E-state index contributed by atoms with van der Waals surface area (Å²) in [6.07, 6.45) is 4.43. The quantitative estimate of drug-likeness (QED) is 0.755. The number of hydrogen-bond donors (Lipinski definition) is 2. The Morgan fingerprint density at radius 1 is 1.07 bits per heavy atom. The minimum Gasteiger partial charge on any atom is -0.457 e. The molecule has 2 atom stereocenters. The fraction of sp³-hybridized carbons (Fsp3) is 0.458. The highest BCUT2D eigenvalue weighted by Crippen LogP contribution is 2.24. The Bertz CT molecular complexity index is 790. The van der Waals surface area contributed by atoms with E-state index in [0.29, 0.717) is 5.92 Å². The van der Waals surface area contributed by atoms with Crippen molar-refractivity contribution in [2.45, 2.75) is 38.3 Å². The van der Waals surface area contributed by atoms with Gasteiger partial charge in [-0.2, -0.15) is 0 Å². The van der Waals surface area contributed by atoms with Gasteiger partial charge in [0.05, 0.1) is 6.04 Å². The minimum atomic E-state index is 0.0158. The van der Waals surface area contributed by atoms with Gasteiger partial charge in [0, 0.05) is 19.6 Å². The Hall–Kier alpha value is -2.37. The van der Waals surface area contributed by atoms with Gasteiger partial charge in [0.1, 0.15) is 11.5 Å². The molecule has 2 aromatic carbocycles. The normalized spacial score (nSPS) is 22.3. The molecule has 2 fully saturated rings. The Morgan fingerprint density at radius 3 is 2.76 bits per heavy atom. The number of nitrogens with one attached hydrogen (secondary N) is 2. The van der Waals surface area contributed by atoms with E-state index in [1.54, 1.807) is 0 Å². The molecular formula is C24H31N3O2. The zero-order chi connectivity index (χ0) is 19.9. The van der Waals surface area contributed by atoms with Gasteiger partial charge in [-0.3, -0.25) is 9.69 Å². The second-order valence-corrected chi connectivity index (χ2v) is 8.20. The third kappa shape index (κ3) is 5.81. The molecule has 2 aliphatic heterocycles. The summed E-state index contributed by atoms with van der Waals surface area (Å²) in [4.78, 5) is 14.7. The molecule has 0 aliphatic carbocycles. The molecule has 0 saturated carbocycles. The molecule has 0 radical (unpaired) electrons. The maximum Gasteiger partial charge on any atom is 0.237 e. The van der Waals surface area contributed by atoms with Crippen LogP contribution >= 0.6 is 0 Å². The van der Waals surface area contributed by atoms with E-state index in [-0.39, 0.29) is 11.9 Å². The van der Waals surface area contributed by atoms with E-state index < -0.39 is 0 Å². The molecule has 154 valence electrons. The molecule has 2 heterocycles. The Balaban J connectivity index is 1.27. The van der Waals surface area contributed by atoms with Crippen LogP contribution in [0.2, 0.25) is 0 Å². The topological polar surface area (TPSA) is 53.6 Å². The summed E-state index contributed by atoms with van der Waals surface area (Å²) in [5, 5.41) is 6.44.